The first kappa shape index (κ1) is 22.1. The summed E-state index contributed by atoms with van der Waals surface area (Å²) in [6, 6.07) is 4.95. The molecule has 1 fully saturated rings. The van der Waals surface area contributed by atoms with Crippen molar-refractivity contribution in [1.82, 2.24) is 4.98 Å². The molecule has 2 aliphatic rings. The number of benzene rings is 1. The fraction of sp³-hybridized carbons (Fsp3) is 0.538. The van der Waals surface area contributed by atoms with E-state index in [1.54, 1.807) is 13.0 Å². The van der Waals surface area contributed by atoms with E-state index in [2.05, 4.69) is 11.1 Å². The van der Waals surface area contributed by atoms with Crippen LogP contribution in [0.1, 0.15) is 94.7 Å². The average Bonchev–Trinajstić information content (AvgIpc) is 3.43. The van der Waals surface area contributed by atoms with Crippen LogP contribution in [0, 0.1) is 12.3 Å². The number of rotatable bonds is 5. The van der Waals surface area contributed by atoms with E-state index in [0.29, 0.717) is 10.9 Å². The van der Waals surface area contributed by atoms with Crippen LogP contribution in [0.5, 0.6) is 0 Å². The molecular weight excluding hydrogens is 396 g/mol. The molecule has 0 bridgehead atoms. The maximum atomic E-state index is 13.3. The second kappa shape index (κ2) is 7.77. The monoisotopic (exact) mass is 427 g/mol. The molecule has 2 aliphatic carbocycles. The predicted molar refractivity (Wildman–Crippen MR) is 119 cm³/mol. The number of aryl methyl sites for hydroxylation is 1. The number of ketones is 1. The van der Waals surface area contributed by atoms with Crippen molar-refractivity contribution in [3.8, 4) is 0 Å². The Labute approximate surface area is 182 Å². The molecule has 1 saturated carbocycles. The summed E-state index contributed by atoms with van der Waals surface area (Å²) in [7, 11) is 0. The lowest BCUT2D eigenvalue weighted by atomic mass is 9.79. The standard InChI is InChI=1S/C26H31F2NO2/c1-15-14-20-18(6-7-19(29-20)24(27)28)22(17-8-10-26(11-9-17)12-13-26)21(15)23(16(2)30)31-25(3,4)5/h6-8,14,23-24H,9-13H2,1-5H3/t23-/m1/s1. The molecule has 0 N–H and O–H groups in total. The summed E-state index contributed by atoms with van der Waals surface area (Å²) < 4.78 is 32.9. The van der Waals surface area contributed by atoms with Crippen LogP contribution in [-0.2, 0) is 9.53 Å². The van der Waals surface area contributed by atoms with Gasteiger partial charge in [-0.1, -0.05) is 12.1 Å². The molecule has 0 amide bonds. The molecular formula is C26H31F2NO2. The van der Waals surface area contributed by atoms with Crippen molar-refractivity contribution < 1.29 is 18.3 Å². The minimum Gasteiger partial charge on any atom is -0.360 e. The fourth-order valence-corrected chi connectivity index (χ4v) is 4.74. The third-order valence-corrected chi connectivity index (χ3v) is 6.57. The molecule has 4 rings (SSSR count). The number of allylic oxidation sites excluding steroid dienone is 2. The van der Waals surface area contributed by atoms with E-state index >= 15 is 0 Å². The van der Waals surface area contributed by atoms with Crippen molar-refractivity contribution in [2.75, 3.05) is 0 Å². The summed E-state index contributed by atoms with van der Waals surface area (Å²) >= 11 is 0. The second-order valence-corrected chi connectivity index (χ2v) is 10.2. The first-order valence-corrected chi connectivity index (χ1v) is 11.1. The highest BCUT2D eigenvalue weighted by molar-refractivity contribution is 5.97. The van der Waals surface area contributed by atoms with E-state index in [0.717, 1.165) is 41.3 Å². The number of aromatic nitrogens is 1. The van der Waals surface area contributed by atoms with Gasteiger partial charge in [0.05, 0.1) is 11.1 Å². The van der Waals surface area contributed by atoms with Gasteiger partial charge in [0.2, 0.25) is 0 Å². The quantitative estimate of drug-likeness (QED) is 0.503. The van der Waals surface area contributed by atoms with Crippen molar-refractivity contribution in [3.05, 3.63) is 46.7 Å². The number of alkyl halides is 2. The molecule has 5 heteroatoms. The Bertz CT molecular complexity index is 1060. The van der Waals surface area contributed by atoms with E-state index < -0.39 is 18.1 Å². The van der Waals surface area contributed by atoms with Crippen molar-refractivity contribution in [2.45, 2.75) is 84.9 Å². The van der Waals surface area contributed by atoms with Crippen LogP contribution in [0.4, 0.5) is 8.78 Å². The summed E-state index contributed by atoms with van der Waals surface area (Å²) in [5, 5.41) is 0.812. The number of hydrogen-bond acceptors (Lipinski definition) is 3. The second-order valence-electron chi connectivity index (χ2n) is 10.2. The van der Waals surface area contributed by atoms with Gasteiger partial charge in [-0.2, -0.15) is 0 Å². The first-order valence-electron chi connectivity index (χ1n) is 11.1. The van der Waals surface area contributed by atoms with Gasteiger partial charge in [0.15, 0.2) is 5.78 Å². The summed E-state index contributed by atoms with van der Waals surface area (Å²) in [4.78, 5) is 17.0. The van der Waals surface area contributed by atoms with Crippen LogP contribution >= 0.6 is 0 Å². The highest BCUT2D eigenvalue weighted by Crippen LogP contribution is 2.57. The molecule has 31 heavy (non-hydrogen) atoms. The zero-order valence-corrected chi connectivity index (χ0v) is 19.0. The number of Topliss-reactive ketones (excluding diaryl/α,β-unsaturated/α-hetero) is 1. The Morgan fingerprint density at radius 1 is 1.19 bits per heavy atom. The number of nitrogens with zero attached hydrogens (tertiary/aromatic N) is 1. The lowest BCUT2D eigenvalue weighted by Gasteiger charge is -2.31. The van der Waals surface area contributed by atoms with E-state index in [-0.39, 0.29) is 11.5 Å². The Kier molecular flexibility index (Phi) is 5.53. The number of carbonyl (C=O) groups is 1. The lowest BCUT2D eigenvalue weighted by molar-refractivity contribution is -0.138. The number of halogens is 2. The average molecular weight is 428 g/mol. The molecule has 2 aromatic rings. The number of fused-ring (bicyclic) bond motifs is 1. The van der Waals surface area contributed by atoms with Gasteiger partial charge < -0.3 is 4.74 Å². The molecule has 0 saturated heterocycles. The van der Waals surface area contributed by atoms with Crippen molar-refractivity contribution in [1.29, 1.82) is 0 Å². The van der Waals surface area contributed by atoms with Gasteiger partial charge in [-0.3, -0.25) is 4.79 Å². The summed E-state index contributed by atoms with van der Waals surface area (Å²) in [6.45, 7) is 9.28. The molecule has 0 unspecified atom stereocenters. The number of ether oxygens (including phenoxy) is 1. The zero-order valence-electron chi connectivity index (χ0n) is 19.0. The van der Waals surface area contributed by atoms with Gasteiger partial charge in [-0.15, -0.1) is 0 Å². The zero-order chi connectivity index (χ0) is 22.6. The van der Waals surface area contributed by atoms with Crippen LogP contribution in [-0.4, -0.2) is 16.4 Å². The van der Waals surface area contributed by atoms with Crippen LogP contribution in [0.2, 0.25) is 0 Å². The normalized spacial score (nSPS) is 19.0. The molecule has 166 valence electrons. The molecule has 1 aromatic heterocycles. The highest BCUT2D eigenvalue weighted by Gasteiger charge is 2.43. The van der Waals surface area contributed by atoms with E-state index in [4.69, 9.17) is 4.74 Å². The maximum Gasteiger partial charge on any atom is 0.280 e. The maximum absolute atomic E-state index is 13.3. The fourth-order valence-electron chi connectivity index (χ4n) is 4.74. The van der Waals surface area contributed by atoms with Gasteiger partial charge in [0.1, 0.15) is 11.8 Å². The van der Waals surface area contributed by atoms with Crippen LogP contribution < -0.4 is 0 Å². The van der Waals surface area contributed by atoms with Gasteiger partial charge in [-0.05, 0) is 107 Å². The Morgan fingerprint density at radius 3 is 2.42 bits per heavy atom. The molecule has 1 aromatic carbocycles. The molecule has 1 spiro atoms. The molecule has 3 nitrogen and oxygen atoms in total. The van der Waals surface area contributed by atoms with Gasteiger partial charge >= 0.3 is 0 Å². The molecule has 0 aliphatic heterocycles. The predicted octanol–water partition coefficient (Wildman–Crippen LogP) is 7.27. The molecule has 1 heterocycles. The smallest absolute Gasteiger partial charge is 0.280 e. The number of pyridine rings is 1. The van der Waals surface area contributed by atoms with Gasteiger partial charge in [0.25, 0.3) is 6.43 Å². The van der Waals surface area contributed by atoms with Crippen LogP contribution in [0.15, 0.2) is 24.3 Å². The van der Waals surface area contributed by atoms with Crippen molar-refractivity contribution in [3.63, 3.8) is 0 Å². The van der Waals surface area contributed by atoms with Crippen LogP contribution in [0.25, 0.3) is 16.5 Å². The SMILES string of the molecule is CC(=O)[C@@H](OC(C)(C)C)c1c(C)cc2nc(C(F)F)ccc2c1C1=CCC2(CC1)CC2. The minimum atomic E-state index is -2.62. The summed E-state index contributed by atoms with van der Waals surface area (Å²) in [5.74, 6) is -0.0640. The molecule has 0 radical (unpaired) electrons. The van der Waals surface area contributed by atoms with Crippen molar-refractivity contribution >= 4 is 22.3 Å². The third kappa shape index (κ3) is 4.43. The summed E-state index contributed by atoms with van der Waals surface area (Å²) in [5.41, 5.74) is 4.09. The Morgan fingerprint density at radius 2 is 1.90 bits per heavy atom. The van der Waals surface area contributed by atoms with E-state index in [9.17, 15) is 13.6 Å². The first-order chi connectivity index (χ1) is 14.5. The highest BCUT2D eigenvalue weighted by atomic mass is 19.3. The van der Waals surface area contributed by atoms with E-state index in [1.165, 1.54) is 24.5 Å². The number of hydrogen-bond donors (Lipinski definition) is 0. The molecule has 1 atom stereocenters. The van der Waals surface area contributed by atoms with Gasteiger partial charge in [0, 0.05) is 5.39 Å². The Hall–Kier alpha value is -2.14. The third-order valence-electron chi connectivity index (χ3n) is 6.57. The van der Waals surface area contributed by atoms with E-state index in [1.807, 2.05) is 33.8 Å². The number of carbonyl (C=O) groups excluding carboxylic acids is 1. The topological polar surface area (TPSA) is 39.2 Å². The summed E-state index contributed by atoms with van der Waals surface area (Å²) in [6.07, 6.45) is 4.59. The van der Waals surface area contributed by atoms with Crippen LogP contribution in [0.3, 0.4) is 0 Å². The van der Waals surface area contributed by atoms with Crippen molar-refractivity contribution in [2.24, 2.45) is 5.41 Å². The Balaban J connectivity index is 1.95. The lowest BCUT2D eigenvalue weighted by Crippen LogP contribution is -2.27. The van der Waals surface area contributed by atoms with Gasteiger partial charge in [-0.25, -0.2) is 13.8 Å². The minimum absolute atomic E-state index is 0.0640. The largest absolute Gasteiger partial charge is 0.360 e.